The van der Waals surface area contributed by atoms with Crippen LogP contribution in [0.5, 0.6) is 0 Å². The number of nitrogens with one attached hydrogen (secondary N) is 1. The first kappa shape index (κ1) is 21.6. The van der Waals surface area contributed by atoms with E-state index in [1.54, 1.807) is 23.9 Å². The number of hydrogen-bond donors (Lipinski definition) is 1. The number of hydrogen-bond acceptors (Lipinski definition) is 3. The van der Waals surface area contributed by atoms with Crippen LogP contribution in [0.3, 0.4) is 0 Å². The van der Waals surface area contributed by atoms with Gasteiger partial charge in [-0.1, -0.05) is 30.3 Å². The van der Waals surface area contributed by atoms with E-state index < -0.39 is 0 Å². The molecule has 4 rings (SSSR count). The van der Waals surface area contributed by atoms with Crippen molar-refractivity contribution in [1.82, 2.24) is 20.0 Å². The van der Waals surface area contributed by atoms with Crippen LogP contribution in [0.2, 0.25) is 0 Å². The van der Waals surface area contributed by atoms with Crippen LogP contribution in [0.1, 0.15) is 31.2 Å². The third-order valence-corrected chi connectivity index (χ3v) is 7.23. The van der Waals surface area contributed by atoms with Crippen molar-refractivity contribution in [1.29, 1.82) is 0 Å². The minimum Gasteiger partial charge on any atom is -0.331 e. The van der Waals surface area contributed by atoms with Gasteiger partial charge in [0.05, 0.1) is 6.54 Å². The van der Waals surface area contributed by atoms with Crippen molar-refractivity contribution in [3.63, 3.8) is 0 Å². The molecule has 0 unspecified atom stereocenters. The maximum absolute atomic E-state index is 12.9. The Hall–Kier alpha value is -2.59. The third-order valence-electron chi connectivity index (χ3n) is 7.23. The number of rotatable bonds is 5. The normalized spacial score (nSPS) is 29.6. The van der Waals surface area contributed by atoms with E-state index in [4.69, 9.17) is 6.57 Å². The maximum Gasteiger partial charge on any atom is 0.319 e. The van der Waals surface area contributed by atoms with Crippen LogP contribution in [0.4, 0.5) is 4.79 Å². The molecule has 1 N–H and O–H groups in total. The average Bonchev–Trinajstić information content (AvgIpc) is 3.46. The van der Waals surface area contributed by atoms with E-state index in [-0.39, 0.29) is 30.2 Å². The molecule has 2 heterocycles. The number of carbonyl (C=O) groups is 2. The van der Waals surface area contributed by atoms with E-state index in [0.717, 1.165) is 45.2 Å². The largest absolute Gasteiger partial charge is 0.331 e. The first-order valence-electron chi connectivity index (χ1n) is 11.3. The number of benzene rings is 1. The van der Waals surface area contributed by atoms with Crippen LogP contribution in [-0.2, 0) is 11.2 Å². The van der Waals surface area contributed by atoms with Crippen LogP contribution >= 0.6 is 0 Å². The molecule has 2 saturated heterocycles. The Balaban J connectivity index is 1.45. The molecule has 0 radical (unpaired) electrons. The molecule has 166 valence electrons. The van der Waals surface area contributed by atoms with Crippen molar-refractivity contribution in [3.8, 4) is 0 Å². The van der Waals surface area contributed by atoms with Crippen molar-refractivity contribution < 1.29 is 9.59 Å². The summed E-state index contributed by atoms with van der Waals surface area (Å²) < 4.78 is 0. The molecule has 31 heavy (non-hydrogen) atoms. The standard InChI is InChI=1S/C24H33N5O2/c1-25-21-10-7-11-29(21)22(30)15-26-24(12-18-8-5-4-6-9-18)13-19-16-28(17-20(19)14-24)23(31)27(2)3/h4-6,8-9,19-21,26H,7,10-17H2,2-3H3/t19-,20+,21-,24-/m0/s1. The molecule has 0 spiro atoms. The maximum atomic E-state index is 12.9. The molecule has 2 aliphatic heterocycles. The van der Waals surface area contributed by atoms with Gasteiger partial charge in [-0.25, -0.2) is 11.4 Å². The van der Waals surface area contributed by atoms with Crippen LogP contribution in [0.15, 0.2) is 30.3 Å². The zero-order valence-corrected chi connectivity index (χ0v) is 18.6. The van der Waals surface area contributed by atoms with Crippen molar-refractivity contribution in [3.05, 3.63) is 47.3 Å². The van der Waals surface area contributed by atoms with Gasteiger partial charge >= 0.3 is 12.2 Å². The van der Waals surface area contributed by atoms with E-state index in [9.17, 15) is 9.59 Å². The fourth-order valence-corrected chi connectivity index (χ4v) is 5.80. The van der Waals surface area contributed by atoms with Crippen molar-refractivity contribution in [2.24, 2.45) is 11.8 Å². The van der Waals surface area contributed by atoms with Gasteiger partial charge in [-0.15, -0.1) is 0 Å². The predicted octanol–water partition coefficient (Wildman–Crippen LogP) is 2.45. The summed E-state index contributed by atoms with van der Waals surface area (Å²) in [5, 5.41) is 3.65. The zero-order chi connectivity index (χ0) is 22.0. The monoisotopic (exact) mass is 423 g/mol. The summed E-state index contributed by atoms with van der Waals surface area (Å²) in [6.07, 6.45) is 4.19. The van der Waals surface area contributed by atoms with E-state index in [1.165, 1.54) is 5.56 Å². The summed E-state index contributed by atoms with van der Waals surface area (Å²) in [6, 6.07) is 10.5. The second kappa shape index (κ2) is 8.88. The Morgan fingerprint density at radius 2 is 1.87 bits per heavy atom. The highest BCUT2D eigenvalue weighted by molar-refractivity contribution is 5.79. The second-order valence-corrected chi connectivity index (χ2v) is 9.65. The molecule has 1 aromatic carbocycles. The first-order valence-corrected chi connectivity index (χ1v) is 11.3. The Morgan fingerprint density at radius 1 is 1.19 bits per heavy atom. The number of likely N-dealkylation sites (tertiary alicyclic amines) is 2. The lowest BCUT2D eigenvalue weighted by Gasteiger charge is -2.34. The quantitative estimate of drug-likeness (QED) is 0.740. The molecule has 7 heteroatoms. The Morgan fingerprint density at radius 3 is 2.48 bits per heavy atom. The van der Waals surface area contributed by atoms with Gasteiger partial charge < -0.3 is 15.1 Å². The van der Waals surface area contributed by atoms with E-state index >= 15 is 0 Å². The molecule has 3 amide bonds. The topological polar surface area (TPSA) is 60.3 Å². The van der Waals surface area contributed by atoms with Crippen molar-refractivity contribution in [2.75, 3.05) is 40.3 Å². The van der Waals surface area contributed by atoms with Crippen LogP contribution in [0.25, 0.3) is 4.85 Å². The molecular weight excluding hydrogens is 390 g/mol. The SMILES string of the molecule is [C-]#[N+][C@@H]1CCCN1C(=O)CN[C@@]1(Cc2ccccc2)C[C@H]2CN(C(=O)N(C)C)C[C@H]2C1. The Labute approximate surface area is 185 Å². The van der Waals surface area contributed by atoms with Crippen molar-refractivity contribution in [2.45, 2.75) is 43.8 Å². The van der Waals surface area contributed by atoms with Crippen LogP contribution in [0, 0.1) is 18.4 Å². The Kier molecular flexibility index (Phi) is 6.19. The lowest BCUT2D eigenvalue weighted by Crippen LogP contribution is -2.51. The fourth-order valence-electron chi connectivity index (χ4n) is 5.80. The number of amides is 3. The van der Waals surface area contributed by atoms with Gasteiger partial charge in [-0.3, -0.25) is 14.5 Å². The lowest BCUT2D eigenvalue weighted by atomic mass is 9.87. The molecule has 7 nitrogen and oxygen atoms in total. The molecule has 1 saturated carbocycles. The molecule has 1 aliphatic carbocycles. The smallest absolute Gasteiger partial charge is 0.319 e. The molecule has 3 aliphatic rings. The summed E-state index contributed by atoms with van der Waals surface area (Å²) in [4.78, 5) is 34.3. The third kappa shape index (κ3) is 4.54. The summed E-state index contributed by atoms with van der Waals surface area (Å²) in [7, 11) is 3.61. The van der Waals surface area contributed by atoms with Gasteiger partial charge in [0.2, 0.25) is 5.91 Å². The van der Waals surface area contributed by atoms with E-state index in [2.05, 4.69) is 34.4 Å². The van der Waals surface area contributed by atoms with Crippen LogP contribution < -0.4 is 5.32 Å². The summed E-state index contributed by atoms with van der Waals surface area (Å²) in [6.45, 7) is 9.90. The second-order valence-electron chi connectivity index (χ2n) is 9.65. The summed E-state index contributed by atoms with van der Waals surface area (Å²) in [5.41, 5.74) is 1.12. The average molecular weight is 424 g/mol. The lowest BCUT2D eigenvalue weighted by molar-refractivity contribution is -0.130. The zero-order valence-electron chi connectivity index (χ0n) is 18.6. The van der Waals surface area contributed by atoms with E-state index in [1.807, 2.05) is 11.0 Å². The number of urea groups is 1. The number of fused-ring (bicyclic) bond motifs is 1. The molecule has 0 aromatic heterocycles. The highest BCUT2D eigenvalue weighted by atomic mass is 16.2. The first-order chi connectivity index (χ1) is 14.9. The van der Waals surface area contributed by atoms with Gasteiger partial charge in [0.1, 0.15) is 0 Å². The highest BCUT2D eigenvalue weighted by Gasteiger charge is 2.50. The van der Waals surface area contributed by atoms with Gasteiger partial charge in [0.15, 0.2) is 0 Å². The molecule has 0 bridgehead atoms. The van der Waals surface area contributed by atoms with Gasteiger partial charge in [0.25, 0.3) is 0 Å². The minimum atomic E-state index is -0.298. The fraction of sp³-hybridized carbons (Fsp3) is 0.625. The molecular formula is C24H33N5O2. The van der Waals surface area contributed by atoms with Gasteiger partial charge in [-0.05, 0) is 43.1 Å². The molecule has 1 aromatic rings. The number of nitrogens with zero attached hydrogens (tertiary/aromatic N) is 4. The van der Waals surface area contributed by atoms with Gasteiger partial charge in [0, 0.05) is 45.7 Å². The van der Waals surface area contributed by atoms with E-state index in [0.29, 0.717) is 18.4 Å². The minimum absolute atomic E-state index is 0.0346. The van der Waals surface area contributed by atoms with Gasteiger partial charge in [-0.2, -0.15) is 0 Å². The predicted molar refractivity (Wildman–Crippen MR) is 119 cm³/mol. The summed E-state index contributed by atoms with van der Waals surface area (Å²) >= 11 is 0. The van der Waals surface area contributed by atoms with Crippen LogP contribution in [-0.4, -0.2) is 78.6 Å². The number of carbonyl (C=O) groups excluding carboxylic acids is 2. The Bertz CT molecular complexity index is 835. The molecule has 4 atom stereocenters. The summed E-state index contributed by atoms with van der Waals surface area (Å²) in [5.74, 6) is 0.948. The molecule has 3 fully saturated rings. The highest BCUT2D eigenvalue weighted by Crippen LogP contribution is 2.45. The van der Waals surface area contributed by atoms with Crippen molar-refractivity contribution >= 4 is 11.9 Å².